The quantitative estimate of drug-likeness (QED) is 0.490. The zero-order valence-electron chi connectivity index (χ0n) is 16.5. The van der Waals surface area contributed by atoms with Crippen molar-refractivity contribution in [1.82, 2.24) is 4.90 Å². The summed E-state index contributed by atoms with van der Waals surface area (Å²) in [7, 11) is 2.13. The molecule has 0 aromatic heterocycles. The lowest BCUT2D eigenvalue weighted by molar-refractivity contribution is 0.216. The predicted molar refractivity (Wildman–Crippen MR) is 115 cm³/mol. The second kappa shape index (κ2) is 9.60. The first-order valence-corrected chi connectivity index (χ1v) is 10.2. The van der Waals surface area contributed by atoms with E-state index in [4.69, 9.17) is 23.2 Å². The highest BCUT2D eigenvalue weighted by atomic mass is 35.5. The Labute approximate surface area is 173 Å². The monoisotopic (exact) mass is 402 g/mol. The van der Waals surface area contributed by atoms with E-state index >= 15 is 0 Å². The van der Waals surface area contributed by atoms with Gasteiger partial charge in [0.05, 0.1) is 11.5 Å². The lowest BCUT2D eigenvalue weighted by Crippen LogP contribution is -2.35. The van der Waals surface area contributed by atoms with Crippen LogP contribution in [0.3, 0.4) is 0 Å². The van der Waals surface area contributed by atoms with Gasteiger partial charge >= 0.3 is 0 Å². The van der Waals surface area contributed by atoms with Gasteiger partial charge in [0.25, 0.3) is 0 Å². The van der Waals surface area contributed by atoms with Crippen LogP contribution in [0.2, 0.25) is 10.0 Å². The molecule has 0 saturated heterocycles. The number of rotatable bonds is 8. The van der Waals surface area contributed by atoms with Crippen LogP contribution in [0, 0.1) is 17.2 Å². The molecule has 0 aliphatic heterocycles. The SMILES string of the molecule is CC(CCC(C#N)(c1c(Cl)cccc1Cl)C(C)C)N(C)Cc1ccccc1. The van der Waals surface area contributed by atoms with E-state index in [1.165, 1.54) is 5.56 Å². The summed E-state index contributed by atoms with van der Waals surface area (Å²) < 4.78 is 0. The highest BCUT2D eigenvalue weighted by Crippen LogP contribution is 2.44. The maximum Gasteiger partial charge on any atom is 0.0874 e. The van der Waals surface area contributed by atoms with Crippen LogP contribution in [0.5, 0.6) is 0 Å². The molecular formula is C23H28Cl2N2. The minimum atomic E-state index is -0.697. The third-order valence-corrected chi connectivity index (χ3v) is 6.21. The molecule has 0 amide bonds. The molecule has 0 N–H and O–H groups in total. The van der Waals surface area contributed by atoms with E-state index in [1.54, 1.807) is 0 Å². The first-order chi connectivity index (χ1) is 12.8. The summed E-state index contributed by atoms with van der Waals surface area (Å²) >= 11 is 13.0. The van der Waals surface area contributed by atoms with Crippen LogP contribution in [0.15, 0.2) is 48.5 Å². The Morgan fingerprint density at radius 2 is 1.59 bits per heavy atom. The Morgan fingerprint density at radius 1 is 1.00 bits per heavy atom. The second-order valence-electron chi connectivity index (χ2n) is 7.62. The van der Waals surface area contributed by atoms with Crippen LogP contribution in [0.25, 0.3) is 0 Å². The van der Waals surface area contributed by atoms with Crippen molar-refractivity contribution in [3.8, 4) is 6.07 Å². The molecule has 0 spiro atoms. The highest BCUT2D eigenvalue weighted by molar-refractivity contribution is 6.36. The lowest BCUT2D eigenvalue weighted by Gasteiger charge is -2.35. The molecule has 0 saturated carbocycles. The maximum absolute atomic E-state index is 10.2. The molecule has 2 aromatic rings. The molecular weight excluding hydrogens is 375 g/mol. The minimum Gasteiger partial charge on any atom is -0.299 e. The van der Waals surface area contributed by atoms with Crippen molar-refractivity contribution in [2.24, 2.45) is 5.92 Å². The lowest BCUT2D eigenvalue weighted by atomic mass is 9.69. The molecule has 2 nitrogen and oxygen atoms in total. The first-order valence-electron chi connectivity index (χ1n) is 9.41. The van der Waals surface area contributed by atoms with Crippen molar-refractivity contribution < 1.29 is 0 Å². The number of hydrogen-bond donors (Lipinski definition) is 0. The van der Waals surface area contributed by atoms with Crippen molar-refractivity contribution in [2.45, 2.75) is 51.6 Å². The van der Waals surface area contributed by atoms with E-state index in [1.807, 2.05) is 24.3 Å². The van der Waals surface area contributed by atoms with Crippen LogP contribution in [-0.4, -0.2) is 18.0 Å². The number of halogens is 2. The van der Waals surface area contributed by atoms with Crippen LogP contribution in [0.4, 0.5) is 0 Å². The van der Waals surface area contributed by atoms with Gasteiger partial charge in [-0.25, -0.2) is 0 Å². The second-order valence-corrected chi connectivity index (χ2v) is 8.44. The summed E-state index contributed by atoms with van der Waals surface area (Å²) in [5, 5.41) is 11.3. The summed E-state index contributed by atoms with van der Waals surface area (Å²) in [5.41, 5.74) is 1.36. The molecule has 0 bridgehead atoms. The Bertz CT molecular complexity index is 762. The smallest absolute Gasteiger partial charge is 0.0874 e. The molecule has 0 fully saturated rings. The number of benzene rings is 2. The number of nitriles is 1. The van der Waals surface area contributed by atoms with E-state index in [-0.39, 0.29) is 5.92 Å². The van der Waals surface area contributed by atoms with Gasteiger partial charge < -0.3 is 0 Å². The fourth-order valence-corrected chi connectivity index (χ4v) is 4.29. The molecule has 0 radical (unpaired) electrons. The van der Waals surface area contributed by atoms with Gasteiger partial charge in [0.15, 0.2) is 0 Å². The van der Waals surface area contributed by atoms with E-state index in [0.29, 0.717) is 22.5 Å². The van der Waals surface area contributed by atoms with Gasteiger partial charge in [-0.2, -0.15) is 5.26 Å². The zero-order chi connectivity index (χ0) is 20.0. The fraction of sp³-hybridized carbons (Fsp3) is 0.435. The van der Waals surface area contributed by atoms with Crippen LogP contribution in [-0.2, 0) is 12.0 Å². The summed E-state index contributed by atoms with van der Waals surface area (Å²) in [6.07, 6.45) is 1.60. The minimum absolute atomic E-state index is 0.103. The molecule has 4 heteroatoms. The molecule has 0 heterocycles. The van der Waals surface area contributed by atoms with Gasteiger partial charge in [-0.3, -0.25) is 4.90 Å². The van der Waals surface area contributed by atoms with Gasteiger partial charge in [0, 0.05) is 28.2 Å². The maximum atomic E-state index is 10.2. The first kappa shape index (κ1) is 21.8. The van der Waals surface area contributed by atoms with Crippen LogP contribution in [0.1, 0.15) is 44.7 Å². The topological polar surface area (TPSA) is 27.0 Å². The van der Waals surface area contributed by atoms with E-state index in [0.717, 1.165) is 18.5 Å². The van der Waals surface area contributed by atoms with Gasteiger partial charge in [-0.05, 0) is 50.4 Å². The Morgan fingerprint density at radius 3 is 2.11 bits per heavy atom. The molecule has 2 aromatic carbocycles. The normalized spacial score (nSPS) is 14.8. The van der Waals surface area contributed by atoms with Crippen molar-refractivity contribution in [3.63, 3.8) is 0 Å². The summed E-state index contributed by atoms with van der Waals surface area (Å²) in [5.74, 6) is 0.103. The Hall–Kier alpha value is -1.53. The highest BCUT2D eigenvalue weighted by Gasteiger charge is 2.39. The predicted octanol–water partition coefficient (Wildman–Crippen LogP) is 6.71. The summed E-state index contributed by atoms with van der Waals surface area (Å²) in [4.78, 5) is 2.33. The van der Waals surface area contributed by atoms with Crippen LogP contribution >= 0.6 is 23.2 Å². The Balaban J connectivity index is 2.19. The number of nitrogens with zero attached hydrogens (tertiary/aromatic N) is 2. The molecule has 27 heavy (non-hydrogen) atoms. The average Bonchev–Trinajstić information content (AvgIpc) is 2.64. The van der Waals surface area contributed by atoms with Gasteiger partial charge in [-0.15, -0.1) is 0 Å². The van der Waals surface area contributed by atoms with Crippen molar-refractivity contribution in [1.29, 1.82) is 5.26 Å². The largest absolute Gasteiger partial charge is 0.299 e. The third-order valence-electron chi connectivity index (χ3n) is 5.58. The Kier molecular flexibility index (Phi) is 7.74. The summed E-state index contributed by atoms with van der Waals surface area (Å²) in [6, 6.07) is 18.8. The van der Waals surface area contributed by atoms with Gasteiger partial charge in [0.1, 0.15) is 0 Å². The van der Waals surface area contributed by atoms with Gasteiger partial charge in [0.2, 0.25) is 0 Å². The van der Waals surface area contributed by atoms with Crippen molar-refractivity contribution in [3.05, 3.63) is 69.7 Å². The molecule has 144 valence electrons. The van der Waals surface area contributed by atoms with Gasteiger partial charge in [-0.1, -0.05) is 73.4 Å². The molecule has 0 aliphatic carbocycles. The molecule has 2 unspecified atom stereocenters. The molecule has 2 rings (SSSR count). The molecule has 2 atom stereocenters. The van der Waals surface area contributed by atoms with E-state index < -0.39 is 5.41 Å². The average molecular weight is 403 g/mol. The fourth-order valence-electron chi connectivity index (χ4n) is 3.55. The van der Waals surface area contributed by atoms with E-state index in [9.17, 15) is 5.26 Å². The summed E-state index contributed by atoms with van der Waals surface area (Å²) in [6.45, 7) is 7.23. The zero-order valence-corrected chi connectivity index (χ0v) is 18.1. The van der Waals surface area contributed by atoms with Crippen molar-refractivity contribution in [2.75, 3.05) is 7.05 Å². The standard InChI is InChI=1S/C23H28Cl2N2/c1-17(2)23(16-26,22-20(24)11-8-12-21(22)25)14-13-18(3)27(4)15-19-9-6-5-7-10-19/h5-12,17-18H,13-15H2,1-4H3. The van der Waals surface area contributed by atoms with Crippen molar-refractivity contribution >= 4 is 23.2 Å². The van der Waals surface area contributed by atoms with E-state index in [2.05, 4.69) is 63.1 Å². The third kappa shape index (κ3) is 5.05. The van der Waals surface area contributed by atoms with Crippen LogP contribution < -0.4 is 0 Å². The number of hydrogen-bond acceptors (Lipinski definition) is 2. The molecule has 0 aliphatic rings.